The summed E-state index contributed by atoms with van der Waals surface area (Å²) < 4.78 is 5.46. The average molecular weight is 450 g/mol. The van der Waals surface area contributed by atoms with Crippen molar-refractivity contribution in [1.82, 2.24) is 4.90 Å². The topological polar surface area (TPSA) is 66.8 Å². The third kappa shape index (κ3) is 4.68. The van der Waals surface area contributed by atoms with Crippen LogP contribution in [0.5, 0.6) is 5.75 Å². The molecule has 2 aromatic carbocycles. The molecule has 1 amide bonds. The van der Waals surface area contributed by atoms with E-state index in [1.807, 2.05) is 51.1 Å². The number of rotatable bonds is 6. The van der Waals surface area contributed by atoms with E-state index in [0.29, 0.717) is 18.5 Å². The predicted molar refractivity (Wildman–Crippen MR) is 132 cm³/mol. The number of hydrogen-bond donors (Lipinski definition) is 1. The summed E-state index contributed by atoms with van der Waals surface area (Å²) in [5.74, 6) is -0.478. The maximum absolute atomic E-state index is 13.1. The van der Waals surface area contributed by atoms with E-state index in [1.54, 1.807) is 24.1 Å². The number of nitrogens with zero attached hydrogens (tertiary/aromatic N) is 1. The van der Waals surface area contributed by atoms with Crippen LogP contribution in [0.3, 0.4) is 0 Å². The maximum atomic E-state index is 13.1. The molecule has 0 aliphatic carbocycles. The van der Waals surface area contributed by atoms with E-state index in [9.17, 15) is 14.7 Å². The predicted octanol–water partition coefficient (Wildman–Crippen LogP) is 5.95. The molecule has 2 aromatic rings. The number of ketones is 1. The Morgan fingerprint density at radius 2 is 1.73 bits per heavy atom. The van der Waals surface area contributed by atoms with E-state index in [0.717, 1.165) is 22.4 Å². The third-order valence-electron chi connectivity index (χ3n) is 6.22. The molecule has 1 N–H and O–H groups in total. The van der Waals surface area contributed by atoms with Crippen molar-refractivity contribution >= 4 is 17.4 Å². The normalized spacial score (nSPS) is 18.3. The fraction of sp³-hybridized carbons (Fsp3) is 0.429. The van der Waals surface area contributed by atoms with Gasteiger partial charge in [0.15, 0.2) is 0 Å². The van der Waals surface area contributed by atoms with Gasteiger partial charge in [0.25, 0.3) is 11.7 Å². The van der Waals surface area contributed by atoms with Crippen LogP contribution in [0.4, 0.5) is 0 Å². The van der Waals surface area contributed by atoms with Crippen molar-refractivity contribution in [3.8, 4) is 5.75 Å². The number of carbonyl (C=O) groups is 2. The molecule has 3 rings (SSSR count). The molecule has 0 spiro atoms. The molecule has 0 aromatic heterocycles. The maximum Gasteiger partial charge on any atom is 0.295 e. The van der Waals surface area contributed by atoms with E-state index in [-0.39, 0.29) is 22.7 Å². The highest BCUT2D eigenvalue weighted by Gasteiger charge is 2.45. The van der Waals surface area contributed by atoms with Gasteiger partial charge in [-0.1, -0.05) is 65.8 Å². The Kier molecular flexibility index (Phi) is 7.01. The van der Waals surface area contributed by atoms with Crippen LogP contribution in [0.1, 0.15) is 82.2 Å². The largest absolute Gasteiger partial charge is 0.507 e. The summed E-state index contributed by atoms with van der Waals surface area (Å²) >= 11 is 0. The van der Waals surface area contributed by atoms with E-state index in [1.165, 1.54) is 0 Å². The molecular formula is C28H35NO4. The van der Waals surface area contributed by atoms with Crippen LogP contribution in [-0.2, 0) is 15.0 Å². The van der Waals surface area contributed by atoms with Gasteiger partial charge >= 0.3 is 0 Å². The SMILES string of the molecule is CCCN1C(=O)C(=O)/C(=C(\O)c2ccc(OC)c(C(C)C)c2)C1c1ccc(C(C)(C)C)cc1. The van der Waals surface area contributed by atoms with Gasteiger partial charge in [-0.05, 0) is 52.6 Å². The Balaban J connectivity index is 2.18. The zero-order valence-electron chi connectivity index (χ0n) is 20.7. The van der Waals surface area contributed by atoms with Gasteiger partial charge in [0.05, 0.1) is 18.7 Å². The highest BCUT2D eigenvalue weighted by Crippen LogP contribution is 2.41. The Morgan fingerprint density at radius 1 is 1.09 bits per heavy atom. The lowest BCUT2D eigenvalue weighted by atomic mass is 9.85. The van der Waals surface area contributed by atoms with Crippen molar-refractivity contribution in [2.45, 2.75) is 65.3 Å². The number of aliphatic hydroxyl groups is 1. The minimum Gasteiger partial charge on any atom is -0.507 e. The van der Waals surface area contributed by atoms with Crippen LogP contribution < -0.4 is 4.74 Å². The molecule has 1 atom stereocenters. The number of benzene rings is 2. The molecular weight excluding hydrogens is 414 g/mol. The first kappa shape index (κ1) is 24.6. The molecule has 5 heteroatoms. The lowest BCUT2D eigenvalue weighted by Gasteiger charge is -2.26. The number of ether oxygens (including phenoxy) is 1. The number of aliphatic hydroxyl groups excluding tert-OH is 1. The number of amides is 1. The van der Waals surface area contributed by atoms with E-state index in [4.69, 9.17) is 4.74 Å². The van der Waals surface area contributed by atoms with Gasteiger partial charge in [0, 0.05) is 12.1 Å². The number of likely N-dealkylation sites (tertiary alicyclic amines) is 1. The van der Waals surface area contributed by atoms with Gasteiger partial charge < -0.3 is 14.7 Å². The van der Waals surface area contributed by atoms with Gasteiger partial charge in [0.2, 0.25) is 0 Å². The molecule has 1 unspecified atom stereocenters. The fourth-order valence-corrected chi connectivity index (χ4v) is 4.35. The van der Waals surface area contributed by atoms with Crippen molar-refractivity contribution < 1.29 is 19.4 Å². The van der Waals surface area contributed by atoms with E-state index in [2.05, 4.69) is 20.8 Å². The smallest absolute Gasteiger partial charge is 0.295 e. The van der Waals surface area contributed by atoms with Gasteiger partial charge in [-0.25, -0.2) is 0 Å². The van der Waals surface area contributed by atoms with Gasteiger partial charge in [-0.3, -0.25) is 9.59 Å². The van der Waals surface area contributed by atoms with Gasteiger partial charge in [-0.2, -0.15) is 0 Å². The van der Waals surface area contributed by atoms with Gasteiger partial charge in [-0.15, -0.1) is 0 Å². The second kappa shape index (κ2) is 9.42. The van der Waals surface area contributed by atoms with Crippen molar-refractivity contribution in [3.63, 3.8) is 0 Å². The highest BCUT2D eigenvalue weighted by molar-refractivity contribution is 6.46. The standard InChI is InChI=1S/C28H35NO4/c1-8-15-29-24(18-9-12-20(13-10-18)28(4,5)6)23(26(31)27(29)32)25(30)19-11-14-22(33-7)21(16-19)17(2)3/h9-14,16-17,24,30H,8,15H2,1-7H3/b25-23-. The first-order chi connectivity index (χ1) is 15.5. The minimum absolute atomic E-state index is 0.0138. The fourth-order valence-electron chi connectivity index (χ4n) is 4.35. The molecule has 1 aliphatic rings. The number of carbonyl (C=O) groups excluding carboxylic acids is 2. The summed E-state index contributed by atoms with van der Waals surface area (Å²) in [6.07, 6.45) is 0.712. The van der Waals surface area contributed by atoms with Crippen molar-refractivity contribution in [3.05, 3.63) is 70.3 Å². The Bertz CT molecular complexity index is 1070. The molecule has 1 heterocycles. The quantitative estimate of drug-likeness (QED) is 0.336. The van der Waals surface area contributed by atoms with Crippen LogP contribution in [-0.4, -0.2) is 35.4 Å². The minimum atomic E-state index is -0.646. The molecule has 1 aliphatic heterocycles. The third-order valence-corrected chi connectivity index (χ3v) is 6.22. The molecule has 0 radical (unpaired) electrons. The molecule has 176 valence electrons. The van der Waals surface area contributed by atoms with E-state index >= 15 is 0 Å². The summed E-state index contributed by atoms with van der Waals surface area (Å²) in [6.45, 7) is 12.9. The van der Waals surface area contributed by atoms with Crippen LogP contribution in [0, 0.1) is 0 Å². The van der Waals surface area contributed by atoms with Crippen LogP contribution in [0.2, 0.25) is 0 Å². The first-order valence-electron chi connectivity index (χ1n) is 11.6. The molecule has 1 fully saturated rings. The van der Waals surface area contributed by atoms with Crippen molar-refractivity contribution in [1.29, 1.82) is 0 Å². The molecule has 0 bridgehead atoms. The van der Waals surface area contributed by atoms with Crippen LogP contribution in [0.15, 0.2) is 48.0 Å². The van der Waals surface area contributed by atoms with Crippen LogP contribution in [0.25, 0.3) is 5.76 Å². The molecule has 5 nitrogen and oxygen atoms in total. The molecule has 1 saturated heterocycles. The molecule has 33 heavy (non-hydrogen) atoms. The zero-order valence-corrected chi connectivity index (χ0v) is 20.7. The van der Waals surface area contributed by atoms with Crippen molar-refractivity contribution in [2.24, 2.45) is 0 Å². The summed E-state index contributed by atoms with van der Waals surface area (Å²) in [5.41, 5.74) is 3.53. The monoisotopic (exact) mass is 449 g/mol. The first-order valence-corrected chi connectivity index (χ1v) is 11.6. The van der Waals surface area contributed by atoms with Crippen LogP contribution >= 0.6 is 0 Å². The lowest BCUT2D eigenvalue weighted by Crippen LogP contribution is -2.30. The summed E-state index contributed by atoms with van der Waals surface area (Å²) in [4.78, 5) is 27.6. The lowest BCUT2D eigenvalue weighted by molar-refractivity contribution is -0.139. The number of Topliss-reactive ketones (excluding diaryl/α,β-unsaturated/α-hetero) is 1. The van der Waals surface area contributed by atoms with E-state index < -0.39 is 17.7 Å². The summed E-state index contributed by atoms with van der Waals surface area (Å²) in [7, 11) is 1.61. The highest BCUT2D eigenvalue weighted by atomic mass is 16.5. The Hall–Kier alpha value is -3.08. The second-order valence-corrected chi connectivity index (χ2v) is 9.98. The summed E-state index contributed by atoms with van der Waals surface area (Å²) in [6, 6.07) is 12.7. The van der Waals surface area contributed by atoms with Crippen molar-refractivity contribution in [2.75, 3.05) is 13.7 Å². The summed E-state index contributed by atoms with van der Waals surface area (Å²) in [5, 5.41) is 11.3. The number of hydrogen-bond acceptors (Lipinski definition) is 4. The Labute approximate surface area is 197 Å². The Morgan fingerprint density at radius 3 is 2.24 bits per heavy atom. The van der Waals surface area contributed by atoms with Gasteiger partial charge in [0.1, 0.15) is 11.5 Å². The zero-order chi connectivity index (χ0) is 24.5. The average Bonchev–Trinajstić information content (AvgIpc) is 3.02. The number of methoxy groups -OCH3 is 1. The molecule has 0 saturated carbocycles. The second-order valence-electron chi connectivity index (χ2n) is 9.98.